The van der Waals surface area contributed by atoms with Crippen LogP contribution in [0.1, 0.15) is 11.3 Å². The topological polar surface area (TPSA) is 55.9 Å². The molecule has 0 spiro atoms. The number of aromatic amines is 1. The van der Waals surface area contributed by atoms with Crippen molar-refractivity contribution in [2.24, 2.45) is 0 Å². The number of nitrogens with one attached hydrogen (secondary N) is 1. The number of hydrogen-bond donors (Lipinski definition) is 1. The van der Waals surface area contributed by atoms with Crippen LogP contribution < -0.4 is 0 Å². The Morgan fingerprint density at radius 1 is 1.19 bits per heavy atom. The molecule has 0 radical (unpaired) electrons. The van der Waals surface area contributed by atoms with Crippen molar-refractivity contribution in [1.29, 1.82) is 0 Å². The van der Waals surface area contributed by atoms with E-state index in [-0.39, 0.29) is 5.75 Å². The van der Waals surface area contributed by atoms with Gasteiger partial charge in [0.1, 0.15) is 0 Å². The summed E-state index contributed by atoms with van der Waals surface area (Å²) in [4.78, 5) is 3.33. The number of halogens is 1. The molecule has 1 N–H and O–H groups in total. The Morgan fingerprint density at radius 2 is 1.90 bits per heavy atom. The fourth-order valence-electron chi connectivity index (χ4n) is 2.59. The molecule has 3 rings (SSSR count). The Hall–Kier alpha value is -1.62. The van der Waals surface area contributed by atoms with E-state index in [2.05, 4.69) is 4.98 Å². The summed E-state index contributed by atoms with van der Waals surface area (Å²) in [5.41, 5.74) is 4.97. The van der Waals surface area contributed by atoms with Crippen LogP contribution in [-0.2, 0) is 16.8 Å². The summed E-state index contributed by atoms with van der Waals surface area (Å²) >= 11 is 3.85. The Bertz CT molecular complexity index is 824. The van der Waals surface area contributed by atoms with Gasteiger partial charge in [0, 0.05) is 32.9 Å². The summed E-state index contributed by atoms with van der Waals surface area (Å²) in [6, 6.07) is 13.3. The molecule has 3 aromatic rings. The summed E-state index contributed by atoms with van der Waals surface area (Å²) in [5.74, 6) is 0.0280. The van der Waals surface area contributed by atoms with Gasteiger partial charge in [0.15, 0.2) is 0 Å². The van der Waals surface area contributed by atoms with E-state index in [1.165, 1.54) is 0 Å². The van der Waals surface area contributed by atoms with Crippen molar-refractivity contribution in [3.63, 3.8) is 0 Å². The average Bonchev–Trinajstić information content (AvgIpc) is 2.75. The first-order valence-corrected chi connectivity index (χ1v) is 8.10. The van der Waals surface area contributed by atoms with Crippen molar-refractivity contribution in [3.8, 4) is 11.1 Å². The van der Waals surface area contributed by atoms with E-state index in [1.54, 1.807) is 0 Å². The average molecular weight is 319 g/mol. The molecule has 0 fully saturated rings. The first-order valence-electron chi connectivity index (χ1n) is 6.47. The fraction of sp³-hybridized carbons (Fsp3) is 0.125. The molecular weight excluding hydrogens is 306 g/mol. The number of H-pyrrole nitrogens is 1. The third kappa shape index (κ3) is 2.88. The quantitative estimate of drug-likeness (QED) is 0.737. The van der Waals surface area contributed by atoms with Crippen molar-refractivity contribution in [3.05, 3.63) is 58.7 Å². The van der Waals surface area contributed by atoms with Crippen LogP contribution in [0.15, 0.2) is 42.5 Å². The number of benzene rings is 2. The lowest BCUT2D eigenvalue weighted by Gasteiger charge is -2.06. The Kier molecular flexibility index (Phi) is 3.85. The van der Waals surface area contributed by atoms with Crippen molar-refractivity contribution < 1.29 is 8.76 Å². The van der Waals surface area contributed by atoms with E-state index in [0.717, 1.165) is 33.3 Å². The number of aromatic nitrogens is 1. The minimum absolute atomic E-state index is 0.0280. The number of fused-ring (bicyclic) bond motifs is 1. The standard InChI is InChI=1S/C16H14ClNO2S/c1-10-16(12-3-5-13(17)6-4-12)14-8-11(9-21(19)20)2-7-15(14)18-10/h2-8,18H,9H2,1H3,(H,19,20)/p-1. The molecule has 0 aliphatic carbocycles. The van der Waals surface area contributed by atoms with Gasteiger partial charge in [-0.15, -0.1) is 0 Å². The van der Waals surface area contributed by atoms with Crippen LogP contribution in [0.2, 0.25) is 5.02 Å². The highest BCUT2D eigenvalue weighted by Gasteiger charge is 2.11. The number of hydrogen-bond acceptors (Lipinski definition) is 2. The Labute approximate surface area is 130 Å². The van der Waals surface area contributed by atoms with Crippen LogP contribution >= 0.6 is 11.6 Å². The van der Waals surface area contributed by atoms with Crippen LogP contribution in [0.5, 0.6) is 0 Å². The molecule has 0 saturated heterocycles. The monoisotopic (exact) mass is 318 g/mol. The van der Waals surface area contributed by atoms with Gasteiger partial charge in [0.2, 0.25) is 0 Å². The van der Waals surface area contributed by atoms with Gasteiger partial charge in [-0.25, -0.2) is 0 Å². The first-order chi connectivity index (χ1) is 10.0. The smallest absolute Gasteiger partial charge is 0.0462 e. The summed E-state index contributed by atoms with van der Waals surface area (Å²) < 4.78 is 21.8. The van der Waals surface area contributed by atoms with Crippen molar-refractivity contribution in [2.75, 3.05) is 0 Å². The van der Waals surface area contributed by atoms with Crippen molar-refractivity contribution in [2.45, 2.75) is 12.7 Å². The molecule has 0 aliphatic heterocycles. The Balaban J connectivity index is 2.18. The van der Waals surface area contributed by atoms with Gasteiger partial charge in [-0.3, -0.25) is 4.21 Å². The van der Waals surface area contributed by atoms with Gasteiger partial charge >= 0.3 is 0 Å². The van der Waals surface area contributed by atoms with Crippen LogP contribution in [0, 0.1) is 6.92 Å². The minimum atomic E-state index is -2.08. The van der Waals surface area contributed by atoms with E-state index < -0.39 is 11.1 Å². The summed E-state index contributed by atoms with van der Waals surface area (Å²) in [7, 11) is 0. The van der Waals surface area contributed by atoms with E-state index in [0.29, 0.717) is 5.02 Å². The largest absolute Gasteiger partial charge is 0.772 e. The zero-order valence-electron chi connectivity index (χ0n) is 11.4. The first kappa shape index (κ1) is 14.3. The number of aryl methyl sites for hydroxylation is 1. The fourth-order valence-corrected chi connectivity index (χ4v) is 3.17. The third-order valence-electron chi connectivity index (χ3n) is 3.47. The highest BCUT2D eigenvalue weighted by Crippen LogP contribution is 2.33. The zero-order valence-corrected chi connectivity index (χ0v) is 12.9. The second-order valence-electron chi connectivity index (χ2n) is 4.96. The van der Waals surface area contributed by atoms with Gasteiger partial charge in [-0.1, -0.05) is 40.9 Å². The summed E-state index contributed by atoms with van der Waals surface area (Å²) in [6.45, 7) is 2.01. The van der Waals surface area contributed by atoms with E-state index in [4.69, 9.17) is 11.6 Å². The predicted molar refractivity (Wildman–Crippen MR) is 86.1 cm³/mol. The maximum atomic E-state index is 10.9. The van der Waals surface area contributed by atoms with Gasteiger partial charge in [0.05, 0.1) is 0 Å². The molecule has 0 bridgehead atoms. The van der Waals surface area contributed by atoms with E-state index >= 15 is 0 Å². The molecule has 1 unspecified atom stereocenters. The second kappa shape index (κ2) is 5.64. The molecule has 0 saturated carbocycles. The number of rotatable bonds is 3. The minimum Gasteiger partial charge on any atom is -0.772 e. The van der Waals surface area contributed by atoms with Gasteiger partial charge in [0.25, 0.3) is 0 Å². The van der Waals surface area contributed by atoms with Crippen LogP contribution in [0.25, 0.3) is 22.0 Å². The third-order valence-corrected chi connectivity index (χ3v) is 4.29. The highest BCUT2D eigenvalue weighted by atomic mass is 35.5. The van der Waals surface area contributed by atoms with Crippen LogP contribution in [0.3, 0.4) is 0 Å². The molecule has 2 aromatic carbocycles. The van der Waals surface area contributed by atoms with E-state index in [9.17, 15) is 8.76 Å². The normalized spacial score (nSPS) is 12.7. The van der Waals surface area contributed by atoms with Gasteiger partial charge in [-0.05, 0) is 42.3 Å². The molecule has 0 aliphatic rings. The van der Waals surface area contributed by atoms with Gasteiger partial charge in [-0.2, -0.15) is 0 Å². The second-order valence-corrected chi connectivity index (χ2v) is 6.29. The van der Waals surface area contributed by atoms with Crippen LogP contribution in [0.4, 0.5) is 0 Å². The lowest BCUT2D eigenvalue weighted by atomic mass is 10.0. The summed E-state index contributed by atoms with van der Waals surface area (Å²) in [5, 5.41) is 1.72. The zero-order chi connectivity index (χ0) is 15.0. The highest BCUT2D eigenvalue weighted by molar-refractivity contribution is 7.78. The lowest BCUT2D eigenvalue weighted by molar-refractivity contribution is 0.536. The molecule has 108 valence electrons. The Morgan fingerprint density at radius 3 is 2.57 bits per heavy atom. The molecule has 3 nitrogen and oxygen atoms in total. The maximum absolute atomic E-state index is 10.9. The molecule has 21 heavy (non-hydrogen) atoms. The predicted octanol–water partition coefficient (Wildman–Crippen LogP) is 4.18. The van der Waals surface area contributed by atoms with Crippen LogP contribution in [-0.4, -0.2) is 13.7 Å². The summed E-state index contributed by atoms with van der Waals surface area (Å²) in [6.07, 6.45) is 0. The molecule has 0 amide bonds. The molecule has 5 heteroatoms. The molecule has 1 atom stereocenters. The van der Waals surface area contributed by atoms with Crippen molar-refractivity contribution >= 4 is 33.6 Å². The molecular formula is C16H13ClNO2S-. The lowest BCUT2D eigenvalue weighted by Crippen LogP contribution is -1.92. The van der Waals surface area contributed by atoms with E-state index in [1.807, 2.05) is 49.4 Å². The van der Waals surface area contributed by atoms with Gasteiger partial charge < -0.3 is 9.54 Å². The molecule has 1 aromatic heterocycles. The molecule has 1 heterocycles. The van der Waals surface area contributed by atoms with Crippen molar-refractivity contribution in [1.82, 2.24) is 4.98 Å². The maximum Gasteiger partial charge on any atom is 0.0462 e. The SMILES string of the molecule is Cc1[nH]c2ccc(CS(=O)[O-])cc2c1-c1ccc(Cl)cc1.